The van der Waals surface area contributed by atoms with Crippen LogP contribution in [0.5, 0.6) is 5.75 Å². The van der Waals surface area contributed by atoms with Gasteiger partial charge in [-0.1, -0.05) is 12.1 Å². The van der Waals surface area contributed by atoms with E-state index >= 15 is 0 Å². The van der Waals surface area contributed by atoms with Crippen molar-refractivity contribution >= 4 is 28.9 Å². The first-order chi connectivity index (χ1) is 14.9. The van der Waals surface area contributed by atoms with Gasteiger partial charge in [0.1, 0.15) is 18.2 Å². The van der Waals surface area contributed by atoms with Crippen LogP contribution in [0.25, 0.3) is 6.08 Å². The first-order valence-corrected chi connectivity index (χ1v) is 9.91. The number of amides is 1. The summed E-state index contributed by atoms with van der Waals surface area (Å²) in [5.41, 5.74) is -1.88. The standard InChI is InChI=1S/C21H16F6N2O2S/c1-11-7-12(8-17-18(28-2)29-19(30)32-17)3-6-16(11)31-10-13-4-5-14(20(22,23)24)9-15(13)21(25,26)27/h3-9H,10H2,1-2H3,(H,28,29,30). The zero-order valence-electron chi connectivity index (χ0n) is 16.7. The Hall–Kier alpha value is -2.95. The van der Waals surface area contributed by atoms with Gasteiger partial charge in [0.2, 0.25) is 0 Å². The number of hydrogen-bond acceptors (Lipinski definition) is 4. The topological polar surface area (TPSA) is 50.7 Å². The molecule has 0 fully saturated rings. The normalized spacial score (nSPS) is 15.8. The lowest BCUT2D eigenvalue weighted by Crippen LogP contribution is -2.16. The fourth-order valence-corrected chi connectivity index (χ4v) is 3.73. The Labute approximate surface area is 183 Å². The zero-order chi connectivity index (χ0) is 23.7. The second-order valence-corrected chi connectivity index (χ2v) is 7.76. The molecule has 0 saturated carbocycles. The highest BCUT2D eigenvalue weighted by Crippen LogP contribution is 2.38. The van der Waals surface area contributed by atoms with Crippen LogP contribution < -0.4 is 10.1 Å². The lowest BCUT2D eigenvalue weighted by molar-refractivity contribution is -0.143. The van der Waals surface area contributed by atoms with E-state index in [0.717, 1.165) is 17.8 Å². The van der Waals surface area contributed by atoms with Crippen molar-refractivity contribution in [2.45, 2.75) is 25.9 Å². The number of ether oxygens (including phenoxy) is 1. The number of rotatable bonds is 4. The molecule has 0 atom stereocenters. The molecule has 1 aliphatic heterocycles. The van der Waals surface area contributed by atoms with Crippen molar-refractivity contribution in [2.24, 2.45) is 4.99 Å². The van der Waals surface area contributed by atoms with E-state index in [9.17, 15) is 31.1 Å². The van der Waals surface area contributed by atoms with Gasteiger partial charge in [0.05, 0.1) is 16.0 Å². The number of carbonyl (C=O) groups excluding carboxylic acids is 1. The molecule has 0 spiro atoms. The van der Waals surface area contributed by atoms with Gasteiger partial charge in [0, 0.05) is 12.6 Å². The minimum Gasteiger partial charge on any atom is -0.489 e. The number of nitrogens with one attached hydrogen (secondary N) is 1. The van der Waals surface area contributed by atoms with Crippen LogP contribution in [0, 0.1) is 6.92 Å². The summed E-state index contributed by atoms with van der Waals surface area (Å²) in [5, 5.41) is 2.46. The fraction of sp³-hybridized carbons (Fsp3) is 0.238. The maximum atomic E-state index is 13.3. The maximum absolute atomic E-state index is 13.3. The molecular formula is C21H16F6N2O2S. The molecule has 3 rings (SSSR count). The number of likely N-dealkylation sites (N-methyl/N-ethyl adjacent to an activating group) is 1. The Balaban J connectivity index is 1.81. The van der Waals surface area contributed by atoms with Crippen molar-refractivity contribution in [3.63, 3.8) is 0 Å². The molecule has 0 saturated heterocycles. The van der Waals surface area contributed by atoms with E-state index in [2.05, 4.69) is 10.3 Å². The molecule has 1 heterocycles. The Bertz CT molecular complexity index is 1110. The molecule has 1 N–H and O–H groups in total. The number of nitrogens with zero attached hydrogens (tertiary/aromatic N) is 1. The molecule has 0 unspecified atom stereocenters. The van der Waals surface area contributed by atoms with Crippen LogP contribution in [0.1, 0.15) is 27.8 Å². The number of carbonyl (C=O) groups is 1. The molecule has 0 radical (unpaired) electrons. The summed E-state index contributed by atoms with van der Waals surface area (Å²) >= 11 is 0.955. The van der Waals surface area contributed by atoms with Gasteiger partial charge in [-0.3, -0.25) is 4.79 Å². The van der Waals surface area contributed by atoms with Crippen molar-refractivity contribution in [3.8, 4) is 5.75 Å². The second kappa shape index (κ2) is 8.89. The van der Waals surface area contributed by atoms with Gasteiger partial charge in [0.25, 0.3) is 0 Å². The predicted octanol–water partition coefficient (Wildman–Crippen LogP) is 6.44. The smallest absolute Gasteiger partial charge is 0.416 e. The molecule has 0 aromatic heterocycles. The average Bonchev–Trinajstić information content (AvgIpc) is 3.05. The highest BCUT2D eigenvalue weighted by molar-refractivity contribution is 8.18. The lowest BCUT2D eigenvalue weighted by Gasteiger charge is -2.17. The van der Waals surface area contributed by atoms with Crippen LogP contribution in [0.3, 0.4) is 0 Å². The van der Waals surface area contributed by atoms with Crippen molar-refractivity contribution in [2.75, 3.05) is 7.05 Å². The maximum Gasteiger partial charge on any atom is 0.416 e. The van der Waals surface area contributed by atoms with Gasteiger partial charge < -0.3 is 10.1 Å². The summed E-state index contributed by atoms with van der Waals surface area (Å²) in [6, 6.07) is 6.34. The van der Waals surface area contributed by atoms with E-state index in [1.165, 1.54) is 6.07 Å². The third-order valence-corrected chi connectivity index (χ3v) is 5.29. The van der Waals surface area contributed by atoms with Crippen LogP contribution in [0.2, 0.25) is 0 Å². The number of benzene rings is 2. The molecule has 1 aliphatic rings. The van der Waals surface area contributed by atoms with E-state index in [0.29, 0.717) is 27.9 Å². The molecule has 170 valence electrons. The highest BCUT2D eigenvalue weighted by atomic mass is 32.2. The van der Waals surface area contributed by atoms with Crippen molar-refractivity contribution in [3.05, 3.63) is 69.1 Å². The third-order valence-electron chi connectivity index (χ3n) is 4.49. The van der Waals surface area contributed by atoms with Crippen LogP contribution in [0.4, 0.5) is 31.1 Å². The summed E-state index contributed by atoms with van der Waals surface area (Å²) in [5.74, 6) is 0.706. The number of thioether (sulfide) groups is 1. The molecule has 0 aliphatic carbocycles. The van der Waals surface area contributed by atoms with Crippen LogP contribution >= 0.6 is 11.8 Å². The molecule has 32 heavy (non-hydrogen) atoms. The molecule has 4 nitrogen and oxygen atoms in total. The molecule has 0 bridgehead atoms. The van der Waals surface area contributed by atoms with Crippen molar-refractivity contribution in [1.29, 1.82) is 0 Å². The van der Waals surface area contributed by atoms with Crippen molar-refractivity contribution in [1.82, 2.24) is 5.32 Å². The first-order valence-electron chi connectivity index (χ1n) is 9.09. The quantitative estimate of drug-likeness (QED) is 0.519. The van der Waals surface area contributed by atoms with E-state index in [4.69, 9.17) is 4.74 Å². The Morgan fingerprint density at radius 1 is 1.06 bits per heavy atom. The van der Waals surface area contributed by atoms with Crippen LogP contribution in [0.15, 0.2) is 46.3 Å². The molecule has 2 aromatic rings. The number of halogens is 6. The van der Waals surface area contributed by atoms with Gasteiger partial charge in [-0.2, -0.15) is 31.3 Å². The largest absolute Gasteiger partial charge is 0.489 e. The minimum absolute atomic E-state index is 0.0856. The third kappa shape index (κ3) is 5.45. The SMILES string of the molecule is CNC1=NC(=O)SC1=Cc1ccc(OCc2ccc(C(F)(F)F)cc2C(F)(F)F)c(C)c1. The fourth-order valence-electron chi connectivity index (χ4n) is 2.96. The van der Waals surface area contributed by atoms with Crippen LogP contribution in [-0.4, -0.2) is 18.1 Å². The number of amidine groups is 1. The summed E-state index contributed by atoms with van der Waals surface area (Å²) < 4.78 is 83.8. The van der Waals surface area contributed by atoms with Gasteiger partial charge >= 0.3 is 17.6 Å². The summed E-state index contributed by atoms with van der Waals surface area (Å²) in [4.78, 5) is 15.9. The molecule has 2 aromatic carbocycles. The number of aliphatic imine (C=N–C) groups is 1. The first kappa shape index (κ1) is 23.7. The number of hydrogen-bond donors (Lipinski definition) is 1. The molecular weight excluding hydrogens is 458 g/mol. The lowest BCUT2D eigenvalue weighted by atomic mass is 10.0. The highest BCUT2D eigenvalue weighted by Gasteiger charge is 2.38. The van der Waals surface area contributed by atoms with Crippen LogP contribution in [-0.2, 0) is 19.0 Å². The number of aryl methyl sites for hydroxylation is 1. The summed E-state index contributed by atoms with van der Waals surface area (Å²) in [6.45, 7) is 1.12. The monoisotopic (exact) mass is 474 g/mol. The summed E-state index contributed by atoms with van der Waals surface area (Å²) in [7, 11) is 1.63. The Kier molecular flexibility index (Phi) is 6.59. The minimum atomic E-state index is -4.96. The Morgan fingerprint density at radius 3 is 2.38 bits per heavy atom. The molecule has 11 heteroatoms. The van der Waals surface area contributed by atoms with Gasteiger partial charge in [0.15, 0.2) is 0 Å². The van der Waals surface area contributed by atoms with E-state index in [-0.39, 0.29) is 17.1 Å². The van der Waals surface area contributed by atoms with E-state index in [1.807, 2.05) is 0 Å². The van der Waals surface area contributed by atoms with Gasteiger partial charge in [-0.15, -0.1) is 0 Å². The average molecular weight is 474 g/mol. The van der Waals surface area contributed by atoms with Gasteiger partial charge in [-0.05, 0) is 60.2 Å². The van der Waals surface area contributed by atoms with E-state index < -0.39 is 35.6 Å². The Morgan fingerprint density at radius 2 is 1.78 bits per heavy atom. The number of alkyl halides is 6. The zero-order valence-corrected chi connectivity index (χ0v) is 17.5. The summed E-state index contributed by atoms with van der Waals surface area (Å²) in [6.07, 6.45) is -8.13. The second-order valence-electron chi connectivity index (χ2n) is 6.77. The van der Waals surface area contributed by atoms with Gasteiger partial charge in [-0.25, -0.2) is 0 Å². The van der Waals surface area contributed by atoms with E-state index in [1.54, 1.807) is 32.2 Å². The molecule has 1 amide bonds. The van der Waals surface area contributed by atoms with Crippen molar-refractivity contribution < 1.29 is 35.9 Å². The predicted molar refractivity (Wildman–Crippen MR) is 109 cm³/mol.